The first kappa shape index (κ1) is 15.8. The molecule has 0 heterocycles. The van der Waals surface area contributed by atoms with E-state index < -0.39 is 11.7 Å². The summed E-state index contributed by atoms with van der Waals surface area (Å²) in [4.78, 5) is 23.0. The summed E-state index contributed by atoms with van der Waals surface area (Å²) in [6, 6.07) is -0.189. The van der Waals surface area contributed by atoms with Crippen molar-refractivity contribution in [2.45, 2.75) is 64.3 Å². The predicted octanol–water partition coefficient (Wildman–Crippen LogP) is 1.19. The highest BCUT2D eigenvalue weighted by Gasteiger charge is 2.41. The number of alkyl carbamates (subject to hydrolysis) is 1. The van der Waals surface area contributed by atoms with E-state index >= 15 is 0 Å². The zero-order valence-corrected chi connectivity index (χ0v) is 12.3. The summed E-state index contributed by atoms with van der Waals surface area (Å²) < 4.78 is 9.87. The monoisotopic (exact) mass is 272 g/mol. The van der Waals surface area contributed by atoms with E-state index in [4.69, 9.17) is 9.47 Å². The Labute approximate surface area is 114 Å². The molecule has 0 aromatic carbocycles. The van der Waals surface area contributed by atoms with Gasteiger partial charge in [0.05, 0.1) is 7.11 Å². The number of hydrogen-bond donors (Lipinski definition) is 2. The molecule has 6 nitrogen and oxygen atoms in total. The van der Waals surface area contributed by atoms with Crippen molar-refractivity contribution in [3.05, 3.63) is 0 Å². The lowest BCUT2D eigenvalue weighted by Crippen LogP contribution is -2.42. The summed E-state index contributed by atoms with van der Waals surface area (Å²) in [5, 5.41) is 5.94. The zero-order chi connectivity index (χ0) is 14.6. The quantitative estimate of drug-likeness (QED) is 0.735. The van der Waals surface area contributed by atoms with Crippen LogP contribution in [0.4, 0.5) is 4.79 Å². The molecule has 1 fully saturated rings. The Morgan fingerprint density at radius 1 is 1.32 bits per heavy atom. The highest BCUT2D eigenvalue weighted by atomic mass is 16.6. The van der Waals surface area contributed by atoms with Crippen LogP contribution in [-0.2, 0) is 14.3 Å². The Balaban J connectivity index is 2.31. The average molecular weight is 272 g/mol. The minimum absolute atomic E-state index is 0.0218. The fourth-order valence-electron chi connectivity index (χ4n) is 1.75. The van der Waals surface area contributed by atoms with E-state index in [1.54, 1.807) is 0 Å². The average Bonchev–Trinajstić information content (AvgIpc) is 3.00. The summed E-state index contributed by atoms with van der Waals surface area (Å²) in [5.41, 5.74) is -0.500. The molecule has 0 saturated heterocycles. The van der Waals surface area contributed by atoms with Crippen molar-refractivity contribution < 1.29 is 19.1 Å². The second-order valence-electron chi connectivity index (χ2n) is 5.75. The van der Waals surface area contributed by atoms with Gasteiger partial charge in [-0.1, -0.05) is 6.92 Å². The highest BCUT2D eigenvalue weighted by Crippen LogP contribution is 2.23. The molecular formula is C13H24N2O4. The predicted molar refractivity (Wildman–Crippen MR) is 70.8 cm³/mol. The third-order valence-corrected chi connectivity index (χ3v) is 2.80. The van der Waals surface area contributed by atoms with Crippen molar-refractivity contribution >= 4 is 12.1 Å². The molecule has 110 valence electrons. The van der Waals surface area contributed by atoms with Crippen LogP contribution >= 0.6 is 0 Å². The van der Waals surface area contributed by atoms with Gasteiger partial charge in [0.2, 0.25) is 0 Å². The number of rotatable bonds is 5. The summed E-state index contributed by atoms with van der Waals surface area (Å²) in [6.45, 7) is 7.37. The molecule has 2 N–H and O–H groups in total. The molecule has 1 aliphatic carbocycles. The van der Waals surface area contributed by atoms with E-state index in [0.717, 1.165) is 6.42 Å². The summed E-state index contributed by atoms with van der Waals surface area (Å²) in [7, 11) is 1.37. The second kappa shape index (κ2) is 6.23. The molecule has 1 amide bonds. The van der Waals surface area contributed by atoms with Crippen LogP contribution in [0.1, 0.15) is 40.5 Å². The van der Waals surface area contributed by atoms with E-state index in [0.29, 0.717) is 6.42 Å². The van der Waals surface area contributed by atoms with Crippen molar-refractivity contribution in [1.29, 1.82) is 0 Å². The van der Waals surface area contributed by atoms with E-state index in [9.17, 15) is 9.59 Å². The number of carbonyl (C=O) groups excluding carboxylic acids is 2. The Morgan fingerprint density at radius 3 is 2.42 bits per heavy atom. The van der Waals surface area contributed by atoms with E-state index in [1.165, 1.54) is 7.11 Å². The second-order valence-corrected chi connectivity index (χ2v) is 5.75. The maximum absolute atomic E-state index is 11.5. The van der Waals surface area contributed by atoms with Gasteiger partial charge >= 0.3 is 12.1 Å². The van der Waals surface area contributed by atoms with Crippen LogP contribution in [0.25, 0.3) is 0 Å². The number of esters is 1. The first-order chi connectivity index (χ1) is 8.76. The van der Waals surface area contributed by atoms with Crippen molar-refractivity contribution in [1.82, 2.24) is 10.6 Å². The number of hydrogen-bond acceptors (Lipinski definition) is 5. The van der Waals surface area contributed by atoms with Crippen LogP contribution < -0.4 is 10.6 Å². The fraction of sp³-hybridized carbons (Fsp3) is 0.846. The molecule has 0 radical (unpaired) electrons. The molecule has 6 heteroatoms. The van der Waals surface area contributed by atoms with E-state index in [1.807, 2.05) is 27.7 Å². The first-order valence-electron chi connectivity index (χ1n) is 6.60. The van der Waals surface area contributed by atoms with Gasteiger partial charge in [-0.2, -0.15) is 0 Å². The van der Waals surface area contributed by atoms with Gasteiger partial charge < -0.3 is 14.8 Å². The van der Waals surface area contributed by atoms with Crippen LogP contribution in [0.5, 0.6) is 0 Å². The Hall–Kier alpha value is -1.30. The van der Waals surface area contributed by atoms with Gasteiger partial charge in [-0.25, -0.2) is 4.79 Å². The molecule has 1 saturated carbocycles. The molecule has 0 bridgehead atoms. The summed E-state index contributed by atoms with van der Waals surface area (Å²) in [6.07, 6.45) is 1.03. The maximum Gasteiger partial charge on any atom is 0.407 e. The number of carbonyl (C=O) groups is 2. The molecule has 0 spiro atoms. The lowest BCUT2D eigenvalue weighted by molar-refractivity contribution is -0.143. The number of ether oxygens (including phenoxy) is 2. The van der Waals surface area contributed by atoms with Gasteiger partial charge in [0.1, 0.15) is 11.6 Å². The van der Waals surface area contributed by atoms with Crippen LogP contribution in [0, 0.1) is 0 Å². The molecule has 19 heavy (non-hydrogen) atoms. The zero-order valence-electron chi connectivity index (χ0n) is 12.3. The Morgan fingerprint density at radius 2 is 1.95 bits per heavy atom. The molecule has 0 aliphatic heterocycles. The van der Waals surface area contributed by atoms with Gasteiger partial charge in [0, 0.05) is 12.1 Å². The molecule has 1 aliphatic rings. The minimum atomic E-state index is -0.500. The van der Waals surface area contributed by atoms with Crippen LogP contribution in [0.3, 0.4) is 0 Å². The molecule has 3 atom stereocenters. The molecule has 3 unspecified atom stereocenters. The molecule has 0 aromatic heterocycles. The normalized spacial score (nSPS) is 23.4. The van der Waals surface area contributed by atoms with E-state index in [2.05, 4.69) is 10.6 Å². The molecule has 1 rings (SSSR count). The standard InChI is InChI=1S/C13H24N2O4/c1-6-8(11(16)18-5)14-9-7-10(9)15-12(17)19-13(2,3)4/h8-10,14H,6-7H2,1-5H3,(H,15,17). The van der Waals surface area contributed by atoms with Crippen LogP contribution in [0.15, 0.2) is 0 Å². The minimum Gasteiger partial charge on any atom is -0.468 e. The first-order valence-corrected chi connectivity index (χ1v) is 6.60. The topological polar surface area (TPSA) is 76.7 Å². The van der Waals surface area contributed by atoms with Crippen LogP contribution in [-0.4, -0.2) is 42.9 Å². The highest BCUT2D eigenvalue weighted by molar-refractivity contribution is 5.75. The fourth-order valence-corrected chi connectivity index (χ4v) is 1.75. The van der Waals surface area contributed by atoms with Gasteiger partial charge in [-0.05, 0) is 33.6 Å². The maximum atomic E-state index is 11.5. The van der Waals surface area contributed by atoms with Crippen molar-refractivity contribution in [3.8, 4) is 0 Å². The summed E-state index contributed by atoms with van der Waals surface area (Å²) in [5.74, 6) is -0.273. The van der Waals surface area contributed by atoms with Crippen molar-refractivity contribution in [2.75, 3.05) is 7.11 Å². The third kappa shape index (κ3) is 5.46. The SMILES string of the molecule is CCC(NC1CC1NC(=O)OC(C)(C)C)C(=O)OC. The van der Waals surface area contributed by atoms with Gasteiger partial charge in [-0.3, -0.25) is 10.1 Å². The largest absolute Gasteiger partial charge is 0.468 e. The Bertz CT molecular complexity index is 338. The van der Waals surface area contributed by atoms with Crippen molar-refractivity contribution in [2.24, 2.45) is 0 Å². The smallest absolute Gasteiger partial charge is 0.407 e. The Kier molecular flexibility index (Phi) is 5.17. The lowest BCUT2D eigenvalue weighted by atomic mass is 10.2. The van der Waals surface area contributed by atoms with Gasteiger partial charge in [0.25, 0.3) is 0 Å². The van der Waals surface area contributed by atoms with Crippen LogP contribution in [0.2, 0.25) is 0 Å². The number of amides is 1. The van der Waals surface area contributed by atoms with Gasteiger partial charge in [-0.15, -0.1) is 0 Å². The van der Waals surface area contributed by atoms with E-state index in [-0.39, 0.29) is 24.1 Å². The summed E-state index contributed by atoms with van der Waals surface area (Å²) >= 11 is 0. The van der Waals surface area contributed by atoms with Gasteiger partial charge in [0.15, 0.2) is 0 Å². The third-order valence-electron chi connectivity index (χ3n) is 2.80. The lowest BCUT2D eigenvalue weighted by Gasteiger charge is -2.20. The molecular weight excluding hydrogens is 248 g/mol. The molecule has 0 aromatic rings. The number of nitrogens with one attached hydrogen (secondary N) is 2. The number of methoxy groups -OCH3 is 1. The van der Waals surface area contributed by atoms with Crippen molar-refractivity contribution in [3.63, 3.8) is 0 Å².